The quantitative estimate of drug-likeness (QED) is 0.670. The Labute approximate surface area is 109 Å². The predicted octanol–water partition coefficient (Wildman–Crippen LogP) is 4.95. The summed E-state index contributed by atoms with van der Waals surface area (Å²) in [6, 6.07) is 18.7. The minimum Gasteiger partial charge on any atom is -0.253 e. The van der Waals surface area contributed by atoms with Gasteiger partial charge in [-0.2, -0.15) is 0 Å². The van der Waals surface area contributed by atoms with Crippen molar-refractivity contribution in [1.29, 1.82) is 0 Å². The van der Waals surface area contributed by atoms with E-state index < -0.39 is 0 Å². The SMILES string of the molecule is CC(=Nc1ccc(C(C)C)cc1)c1ccccc1. The van der Waals surface area contributed by atoms with Crippen LogP contribution in [0.3, 0.4) is 0 Å². The van der Waals surface area contributed by atoms with Crippen LogP contribution in [0, 0.1) is 0 Å². The lowest BCUT2D eigenvalue weighted by atomic mass is 10.0. The van der Waals surface area contributed by atoms with Crippen molar-refractivity contribution < 1.29 is 0 Å². The molecule has 0 unspecified atom stereocenters. The second-order valence-corrected chi connectivity index (χ2v) is 4.81. The molecule has 0 spiro atoms. The van der Waals surface area contributed by atoms with E-state index in [2.05, 4.69) is 55.2 Å². The van der Waals surface area contributed by atoms with Crippen molar-refractivity contribution in [2.75, 3.05) is 0 Å². The van der Waals surface area contributed by atoms with Crippen molar-refractivity contribution in [3.8, 4) is 0 Å². The molecular formula is C17H19N. The van der Waals surface area contributed by atoms with E-state index in [0.29, 0.717) is 5.92 Å². The van der Waals surface area contributed by atoms with Crippen molar-refractivity contribution in [3.05, 3.63) is 65.7 Å². The summed E-state index contributed by atoms with van der Waals surface area (Å²) in [5.41, 5.74) is 4.59. The standard InChI is InChI=1S/C17H19N/c1-13(2)15-9-11-17(12-10-15)18-14(3)16-7-5-4-6-8-16/h4-13H,1-3H3. The van der Waals surface area contributed by atoms with Crippen molar-refractivity contribution in [1.82, 2.24) is 0 Å². The molecule has 2 rings (SSSR count). The van der Waals surface area contributed by atoms with Crippen LogP contribution in [0.25, 0.3) is 0 Å². The third-order valence-electron chi connectivity index (χ3n) is 3.05. The normalized spacial score (nSPS) is 11.9. The van der Waals surface area contributed by atoms with E-state index in [1.807, 2.05) is 25.1 Å². The number of rotatable bonds is 3. The molecule has 0 saturated heterocycles. The summed E-state index contributed by atoms with van der Waals surface area (Å²) in [6.45, 7) is 6.45. The second kappa shape index (κ2) is 5.63. The minimum atomic E-state index is 0.568. The highest BCUT2D eigenvalue weighted by molar-refractivity contribution is 6.00. The minimum absolute atomic E-state index is 0.568. The third-order valence-corrected chi connectivity index (χ3v) is 3.05. The lowest BCUT2D eigenvalue weighted by Crippen LogP contribution is -1.92. The molecule has 1 nitrogen and oxygen atoms in total. The van der Waals surface area contributed by atoms with E-state index in [4.69, 9.17) is 0 Å². The van der Waals surface area contributed by atoms with Gasteiger partial charge < -0.3 is 0 Å². The van der Waals surface area contributed by atoms with E-state index in [1.165, 1.54) is 11.1 Å². The molecule has 0 heterocycles. The molecule has 0 saturated carbocycles. The summed E-state index contributed by atoms with van der Waals surface area (Å²) < 4.78 is 0. The highest BCUT2D eigenvalue weighted by Crippen LogP contribution is 2.19. The van der Waals surface area contributed by atoms with Gasteiger partial charge in [0.2, 0.25) is 0 Å². The molecule has 0 fully saturated rings. The van der Waals surface area contributed by atoms with Gasteiger partial charge in [0.15, 0.2) is 0 Å². The van der Waals surface area contributed by atoms with Gasteiger partial charge in [-0.3, -0.25) is 4.99 Å². The van der Waals surface area contributed by atoms with Crippen LogP contribution < -0.4 is 0 Å². The topological polar surface area (TPSA) is 12.4 Å². The van der Waals surface area contributed by atoms with Gasteiger partial charge in [0.25, 0.3) is 0 Å². The van der Waals surface area contributed by atoms with E-state index >= 15 is 0 Å². The van der Waals surface area contributed by atoms with Crippen LogP contribution in [-0.2, 0) is 0 Å². The fourth-order valence-electron chi connectivity index (χ4n) is 1.87. The van der Waals surface area contributed by atoms with Crippen molar-refractivity contribution >= 4 is 11.4 Å². The van der Waals surface area contributed by atoms with Gasteiger partial charge in [-0.15, -0.1) is 0 Å². The zero-order valence-corrected chi connectivity index (χ0v) is 11.2. The summed E-state index contributed by atoms with van der Waals surface area (Å²) in [6.07, 6.45) is 0. The Morgan fingerprint density at radius 3 is 2.06 bits per heavy atom. The van der Waals surface area contributed by atoms with Crippen molar-refractivity contribution in [3.63, 3.8) is 0 Å². The molecule has 0 atom stereocenters. The molecule has 0 aromatic heterocycles. The first kappa shape index (κ1) is 12.6. The summed E-state index contributed by atoms with van der Waals surface area (Å²) in [5, 5.41) is 0. The van der Waals surface area contributed by atoms with Crippen LogP contribution in [0.15, 0.2) is 59.6 Å². The van der Waals surface area contributed by atoms with Crippen LogP contribution in [0.1, 0.15) is 37.8 Å². The van der Waals surface area contributed by atoms with E-state index in [0.717, 1.165) is 11.4 Å². The molecule has 0 aliphatic heterocycles. The zero-order valence-electron chi connectivity index (χ0n) is 11.2. The molecule has 0 bridgehead atoms. The second-order valence-electron chi connectivity index (χ2n) is 4.81. The first-order valence-electron chi connectivity index (χ1n) is 6.37. The number of hydrogen-bond donors (Lipinski definition) is 0. The lowest BCUT2D eigenvalue weighted by Gasteiger charge is -2.05. The van der Waals surface area contributed by atoms with Gasteiger partial charge in [-0.25, -0.2) is 0 Å². The van der Waals surface area contributed by atoms with E-state index in [9.17, 15) is 0 Å². The van der Waals surface area contributed by atoms with Crippen LogP contribution in [0.4, 0.5) is 5.69 Å². The van der Waals surface area contributed by atoms with Gasteiger partial charge in [0, 0.05) is 5.71 Å². The fraction of sp³-hybridized carbons (Fsp3) is 0.235. The molecule has 0 N–H and O–H groups in total. The molecule has 0 aliphatic carbocycles. The van der Waals surface area contributed by atoms with Gasteiger partial charge in [-0.05, 0) is 36.1 Å². The van der Waals surface area contributed by atoms with E-state index in [1.54, 1.807) is 0 Å². The average molecular weight is 237 g/mol. The van der Waals surface area contributed by atoms with Crippen molar-refractivity contribution in [2.45, 2.75) is 26.7 Å². The van der Waals surface area contributed by atoms with Crippen LogP contribution in [0.5, 0.6) is 0 Å². The Kier molecular flexibility index (Phi) is 3.93. The Morgan fingerprint density at radius 1 is 0.889 bits per heavy atom. The molecule has 18 heavy (non-hydrogen) atoms. The Morgan fingerprint density at radius 2 is 1.50 bits per heavy atom. The fourth-order valence-corrected chi connectivity index (χ4v) is 1.87. The Bertz CT molecular complexity index is 521. The Balaban J connectivity index is 2.23. The van der Waals surface area contributed by atoms with E-state index in [-0.39, 0.29) is 0 Å². The molecule has 2 aromatic rings. The first-order chi connectivity index (χ1) is 8.66. The maximum Gasteiger partial charge on any atom is 0.0633 e. The maximum atomic E-state index is 4.65. The average Bonchev–Trinajstić information content (AvgIpc) is 2.40. The number of aliphatic imine (C=N–C) groups is 1. The molecule has 0 aliphatic rings. The third kappa shape index (κ3) is 3.07. The van der Waals surface area contributed by atoms with Crippen LogP contribution in [0.2, 0.25) is 0 Å². The zero-order chi connectivity index (χ0) is 13.0. The predicted molar refractivity (Wildman–Crippen MR) is 78.8 cm³/mol. The summed E-state index contributed by atoms with van der Waals surface area (Å²) in [7, 11) is 0. The molecule has 0 radical (unpaired) electrons. The Hall–Kier alpha value is -1.89. The van der Waals surface area contributed by atoms with Crippen molar-refractivity contribution in [2.24, 2.45) is 4.99 Å². The lowest BCUT2D eigenvalue weighted by molar-refractivity contribution is 0.867. The summed E-state index contributed by atoms with van der Waals surface area (Å²) in [5.74, 6) is 0.568. The number of nitrogens with zero attached hydrogens (tertiary/aromatic N) is 1. The van der Waals surface area contributed by atoms with Crippen LogP contribution in [-0.4, -0.2) is 5.71 Å². The van der Waals surface area contributed by atoms with Crippen LogP contribution >= 0.6 is 0 Å². The number of hydrogen-bond acceptors (Lipinski definition) is 1. The summed E-state index contributed by atoms with van der Waals surface area (Å²) in [4.78, 5) is 4.65. The highest BCUT2D eigenvalue weighted by atomic mass is 14.7. The molecule has 1 heteroatoms. The first-order valence-corrected chi connectivity index (χ1v) is 6.37. The number of benzene rings is 2. The molecule has 92 valence electrons. The van der Waals surface area contributed by atoms with Gasteiger partial charge >= 0.3 is 0 Å². The monoisotopic (exact) mass is 237 g/mol. The smallest absolute Gasteiger partial charge is 0.0633 e. The molecule has 0 amide bonds. The highest BCUT2D eigenvalue weighted by Gasteiger charge is 1.99. The molecular weight excluding hydrogens is 218 g/mol. The maximum absolute atomic E-state index is 4.65. The van der Waals surface area contributed by atoms with Gasteiger partial charge in [0.1, 0.15) is 0 Å². The molecule has 2 aromatic carbocycles. The van der Waals surface area contributed by atoms with Gasteiger partial charge in [-0.1, -0.05) is 56.3 Å². The van der Waals surface area contributed by atoms with Gasteiger partial charge in [0.05, 0.1) is 5.69 Å². The summed E-state index contributed by atoms with van der Waals surface area (Å²) >= 11 is 0. The largest absolute Gasteiger partial charge is 0.253 e.